The van der Waals surface area contributed by atoms with Crippen molar-refractivity contribution in [1.29, 1.82) is 0 Å². The van der Waals surface area contributed by atoms with E-state index in [0.717, 1.165) is 0 Å². The Hall–Kier alpha value is 0.479. The molecule has 0 saturated carbocycles. The van der Waals surface area contributed by atoms with Crippen molar-refractivity contribution in [3.63, 3.8) is 0 Å². The molecule has 2 aromatic rings. The van der Waals surface area contributed by atoms with Gasteiger partial charge in [-0.3, -0.25) is 0 Å². The molecule has 0 nitrogen and oxygen atoms in total. The van der Waals surface area contributed by atoms with Crippen LogP contribution in [-0.2, 0) is 38.1 Å². The van der Waals surface area contributed by atoms with Gasteiger partial charge < -0.3 is 7.43 Å². The van der Waals surface area contributed by atoms with Gasteiger partial charge in [-0.25, -0.2) is 0 Å². The van der Waals surface area contributed by atoms with Crippen molar-refractivity contribution in [1.82, 2.24) is 0 Å². The molecule has 0 aliphatic carbocycles. The van der Waals surface area contributed by atoms with Crippen LogP contribution in [0.1, 0.15) is 25.6 Å². The Kier molecular flexibility index (Phi) is 5.88. The summed E-state index contributed by atoms with van der Waals surface area (Å²) in [6.07, 6.45) is 0. The second-order valence-corrected chi connectivity index (χ2v) is 5.35. The summed E-state index contributed by atoms with van der Waals surface area (Å²) in [6, 6.07) is 7.65. The molecule has 0 aliphatic heterocycles. The smallest absolute Gasteiger partial charge is 0 e. The van der Waals surface area contributed by atoms with Gasteiger partial charge in [0, 0.05) is 32.7 Å². The van der Waals surface area contributed by atoms with Gasteiger partial charge in [-0.1, -0.05) is 0 Å². The molecular weight excluding hydrogens is 276 g/mol. The van der Waals surface area contributed by atoms with E-state index in [9.17, 15) is 0 Å². The summed E-state index contributed by atoms with van der Waals surface area (Å²) in [5.41, 5.74) is 0.226. The monoisotopic (exact) mass is 291 g/mol. The van der Waals surface area contributed by atoms with E-state index in [1.807, 2.05) is 11.3 Å². The maximum absolute atomic E-state index is 3.45. The molecule has 0 bridgehead atoms. The predicted molar refractivity (Wildman–Crippen MR) is 67.1 cm³/mol. The van der Waals surface area contributed by atoms with Crippen molar-refractivity contribution >= 4 is 28.2 Å². The molecule has 0 spiro atoms. The minimum absolute atomic E-state index is 0. The van der Waals surface area contributed by atoms with Gasteiger partial charge in [0.15, 0.2) is 0 Å². The first-order valence-corrected chi connectivity index (χ1v) is 5.30. The average molecular weight is 291 g/mol. The first-order valence-electron chi connectivity index (χ1n) is 4.49. The minimum atomic E-state index is 0. The van der Waals surface area contributed by atoms with E-state index in [-0.39, 0.29) is 45.6 Å². The molecule has 2 rings (SSSR count). The van der Waals surface area contributed by atoms with Crippen LogP contribution in [0.2, 0.25) is 0 Å². The van der Waals surface area contributed by atoms with Crippen LogP contribution in [0.15, 0.2) is 18.1 Å². The number of rotatable bonds is 0. The normalized spacial score (nSPS) is 10.3. The van der Waals surface area contributed by atoms with Crippen molar-refractivity contribution in [3.8, 4) is 0 Å². The molecule has 0 atom stereocenters. The molecule has 2 aromatic heterocycles. The topological polar surface area (TPSA) is 0 Å². The van der Waals surface area contributed by atoms with Gasteiger partial charge in [-0.15, -0.1) is 0 Å². The van der Waals surface area contributed by atoms with Gasteiger partial charge >= 0.3 is 83.5 Å². The van der Waals surface area contributed by atoms with Crippen molar-refractivity contribution in [2.45, 2.75) is 26.2 Å². The molecule has 0 saturated heterocycles. The number of thiophene rings is 1. The third-order valence-electron chi connectivity index (χ3n) is 2.03. The van der Waals surface area contributed by atoms with E-state index in [1.54, 1.807) is 0 Å². The van der Waals surface area contributed by atoms with Gasteiger partial charge in [0.1, 0.15) is 0 Å². The molecule has 0 aromatic carbocycles. The Morgan fingerprint density at radius 2 is 2.00 bits per heavy atom. The Labute approximate surface area is 123 Å². The molecule has 2 heterocycles. The molecule has 3 heteroatoms. The van der Waals surface area contributed by atoms with Crippen LogP contribution >= 0.6 is 11.3 Å². The largest absolute Gasteiger partial charge is 0.358 e. The fraction of sp³-hybridized carbons (Fsp3) is 0.333. The first-order chi connectivity index (χ1) is 6.07. The number of hydrogen-bond donors (Lipinski definition) is 0. The van der Waals surface area contributed by atoms with E-state index in [4.69, 9.17) is 0 Å². The van der Waals surface area contributed by atoms with Gasteiger partial charge in [0.25, 0.3) is 0 Å². The Bertz CT molecular complexity index is 395. The quantitative estimate of drug-likeness (QED) is 0.648. The molecule has 0 aliphatic rings. The van der Waals surface area contributed by atoms with Crippen LogP contribution in [0.3, 0.4) is 0 Å². The summed E-state index contributed by atoms with van der Waals surface area (Å²) in [4.78, 5) is 1.34. The van der Waals surface area contributed by atoms with Crippen LogP contribution in [-0.4, -0.2) is 6.91 Å². The fourth-order valence-corrected chi connectivity index (χ4v) is 2.32. The minimum Gasteiger partial charge on any atom is -0.358 e. The van der Waals surface area contributed by atoms with Gasteiger partial charge in [0.05, 0.1) is 0 Å². The van der Waals surface area contributed by atoms with E-state index < -0.39 is 0 Å². The predicted octanol–water partition coefficient (Wildman–Crippen LogP) is 3.78. The zero-order chi connectivity index (χ0) is 9.47. The zero-order valence-corrected chi connectivity index (χ0v) is 13.4. The van der Waals surface area contributed by atoms with E-state index in [0.29, 0.717) is 0 Å². The molecule has 0 unspecified atom stereocenters. The van der Waals surface area contributed by atoms with Crippen LogP contribution < -0.4 is 0 Å². The maximum Gasteiger partial charge on any atom is 0 e. The van der Waals surface area contributed by atoms with Gasteiger partial charge in [-0.05, 0) is 0 Å². The average Bonchev–Trinajstić information content (AvgIpc) is 2.45. The fourth-order valence-electron chi connectivity index (χ4n) is 1.26. The molecule has 0 amide bonds. The third-order valence-corrected chi connectivity index (χ3v) is 3.52. The van der Waals surface area contributed by atoms with E-state index in [1.165, 1.54) is 14.9 Å². The summed E-state index contributed by atoms with van der Waals surface area (Å²) in [7, 11) is 0. The maximum atomic E-state index is 3.45. The standard InChI is InChI=1S/C11H12BS.CH3.Y/c1-11(2,3)9-7-8-5-4-6-12-10(8)13-9;;/h4-6H,1-3H3;1H3;/q2*-1;. The van der Waals surface area contributed by atoms with Crippen LogP contribution in [0.5, 0.6) is 0 Å². The summed E-state index contributed by atoms with van der Waals surface area (Å²) in [5, 5.41) is 1.25. The van der Waals surface area contributed by atoms with Crippen molar-refractivity contribution < 1.29 is 32.7 Å². The SMILES string of the molecule is CC(C)(C)c1[c-]c2cccbc2s1.[CH3-].[Y]. The number of fused-ring (bicyclic) bond motifs is 1. The van der Waals surface area contributed by atoms with Gasteiger partial charge in [0.2, 0.25) is 0 Å². The van der Waals surface area contributed by atoms with E-state index >= 15 is 0 Å². The summed E-state index contributed by atoms with van der Waals surface area (Å²) >= 11 is 1.85. The molecular formula is C12H15BSY-2. The number of hydrogen-bond acceptors (Lipinski definition) is 1. The molecule has 15 heavy (non-hydrogen) atoms. The third kappa shape index (κ3) is 3.47. The summed E-state index contributed by atoms with van der Waals surface area (Å²) in [6.45, 7) is 8.85. The second-order valence-electron chi connectivity index (χ2n) is 4.30. The van der Waals surface area contributed by atoms with Crippen molar-refractivity contribution in [2.75, 3.05) is 0 Å². The van der Waals surface area contributed by atoms with Crippen LogP contribution in [0.25, 0.3) is 9.98 Å². The molecule has 1 radical (unpaired) electrons. The molecule has 77 valence electrons. The summed E-state index contributed by atoms with van der Waals surface area (Å²) < 4.78 is 1.34. The van der Waals surface area contributed by atoms with Crippen molar-refractivity contribution in [3.05, 3.63) is 36.5 Å². The zero-order valence-electron chi connectivity index (χ0n) is 9.79. The van der Waals surface area contributed by atoms with Gasteiger partial charge in [-0.2, -0.15) is 0 Å². The summed E-state index contributed by atoms with van der Waals surface area (Å²) in [5.74, 6) is 2.08. The Morgan fingerprint density at radius 3 is 2.53 bits per heavy atom. The second kappa shape index (κ2) is 5.70. The first kappa shape index (κ1) is 15.5. The van der Waals surface area contributed by atoms with Crippen LogP contribution in [0, 0.1) is 13.5 Å². The van der Waals surface area contributed by atoms with Crippen molar-refractivity contribution in [2.24, 2.45) is 0 Å². The Balaban J connectivity index is 0.000000980. The molecule has 0 N–H and O–H groups in total. The molecule has 0 fully saturated rings. The van der Waals surface area contributed by atoms with E-state index in [2.05, 4.69) is 51.8 Å². The Morgan fingerprint density at radius 1 is 1.33 bits per heavy atom. The van der Waals surface area contributed by atoms with Crippen LogP contribution in [0.4, 0.5) is 0 Å².